The van der Waals surface area contributed by atoms with Gasteiger partial charge in [0.2, 0.25) is 0 Å². The SMILES string of the molecule is C#COCNCOC#C. The van der Waals surface area contributed by atoms with Crippen molar-refractivity contribution in [3.05, 3.63) is 0 Å². The highest BCUT2D eigenvalue weighted by molar-refractivity contribution is 4.68. The van der Waals surface area contributed by atoms with Gasteiger partial charge in [0, 0.05) is 0 Å². The molecule has 0 heterocycles. The summed E-state index contributed by atoms with van der Waals surface area (Å²) in [5, 5.41) is 2.66. The first-order valence-electron chi connectivity index (χ1n) is 2.27. The molecule has 0 saturated heterocycles. The van der Waals surface area contributed by atoms with Gasteiger partial charge in [-0.3, -0.25) is 5.32 Å². The van der Waals surface area contributed by atoms with Gasteiger partial charge in [-0.1, -0.05) is 12.8 Å². The lowest BCUT2D eigenvalue weighted by Crippen LogP contribution is -2.18. The summed E-state index contributed by atoms with van der Waals surface area (Å²) in [6.07, 6.45) is 13.4. The summed E-state index contributed by atoms with van der Waals surface area (Å²) in [4.78, 5) is 0. The summed E-state index contributed by atoms with van der Waals surface area (Å²) in [6.45, 7) is 0.496. The summed E-state index contributed by atoms with van der Waals surface area (Å²) in [5.41, 5.74) is 0. The van der Waals surface area contributed by atoms with Crippen molar-refractivity contribution in [1.29, 1.82) is 0 Å². The molecule has 0 amide bonds. The minimum absolute atomic E-state index is 0.248. The molecule has 0 aromatic heterocycles. The number of nitrogens with one attached hydrogen (secondary N) is 1. The van der Waals surface area contributed by atoms with Crippen LogP contribution >= 0.6 is 0 Å². The van der Waals surface area contributed by atoms with E-state index in [9.17, 15) is 0 Å². The van der Waals surface area contributed by atoms with Crippen LogP contribution in [0.4, 0.5) is 0 Å². The predicted octanol–water partition coefficient (Wildman–Crippen LogP) is -0.294. The lowest BCUT2D eigenvalue weighted by Gasteiger charge is -1.98. The first-order valence-corrected chi connectivity index (χ1v) is 2.27. The van der Waals surface area contributed by atoms with Crippen LogP contribution in [0, 0.1) is 25.1 Å². The fourth-order valence-electron chi connectivity index (χ4n) is 0.227. The zero-order chi connectivity index (χ0) is 6.95. The Bertz CT molecular complexity index is 115. The van der Waals surface area contributed by atoms with E-state index >= 15 is 0 Å². The highest BCUT2D eigenvalue weighted by Gasteiger charge is 1.79. The maximum absolute atomic E-state index is 4.75. The molecule has 0 saturated carbocycles. The lowest BCUT2D eigenvalue weighted by molar-refractivity contribution is 0.176. The smallest absolute Gasteiger partial charge is 0.154 e. The van der Waals surface area contributed by atoms with Crippen LogP contribution in [-0.4, -0.2) is 13.5 Å². The molecule has 0 aliphatic rings. The Morgan fingerprint density at radius 2 is 1.56 bits per heavy atom. The van der Waals surface area contributed by atoms with Crippen molar-refractivity contribution in [3.8, 4) is 25.1 Å². The second-order valence-electron chi connectivity index (χ2n) is 1.06. The molecular formula is C6H7NO2. The third kappa shape index (κ3) is 6.68. The fourth-order valence-corrected chi connectivity index (χ4v) is 0.227. The van der Waals surface area contributed by atoms with E-state index in [1.807, 2.05) is 12.2 Å². The highest BCUT2D eigenvalue weighted by Crippen LogP contribution is 1.64. The van der Waals surface area contributed by atoms with Crippen molar-refractivity contribution in [2.75, 3.05) is 13.5 Å². The molecule has 0 rings (SSSR count). The molecule has 0 bridgehead atoms. The van der Waals surface area contributed by atoms with Gasteiger partial charge in [0.1, 0.15) is 12.2 Å². The van der Waals surface area contributed by atoms with Crippen LogP contribution < -0.4 is 5.32 Å². The van der Waals surface area contributed by atoms with Crippen LogP contribution in [0.15, 0.2) is 0 Å². The zero-order valence-electron chi connectivity index (χ0n) is 4.89. The first kappa shape index (κ1) is 7.68. The number of hydrogen-bond acceptors (Lipinski definition) is 3. The summed E-state index contributed by atoms with van der Waals surface area (Å²) in [6, 6.07) is 0. The van der Waals surface area contributed by atoms with Gasteiger partial charge in [-0.2, -0.15) is 0 Å². The molecular weight excluding hydrogens is 118 g/mol. The van der Waals surface area contributed by atoms with Crippen molar-refractivity contribution in [3.63, 3.8) is 0 Å². The van der Waals surface area contributed by atoms with Crippen molar-refractivity contribution in [2.24, 2.45) is 0 Å². The van der Waals surface area contributed by atoms with Gasteiger partial charge in [0.25, 0.3) is 0 Å². The third-order valence-corrected chi connectivity index (χ3v) is 0.515. The standard InChI is InChI=1S/C6H7NO2/c1-3-8-5-7-6-9-4-2/h1-2,7H,5-6H2. The van der Waals surface area contributed by atoms with Gasteiger partial charge in [-0.05, 0) is 0 Å². The molecule has 0 unspecified atom stereocenters. The Kier molecular flexibility index (Phi) is 5.70. The Morgan fingerprint density at radius 3 is 1.89 bits per heavy atom. The van der Waals surface area contributed by atoms with Gasteiger partial charge >= 0.3 is 0 Å². The van der Waals surface area contributed by atoms with Crippen LogP contribution in [-0.2, 0) is 9.47 Å². The minimum Gasteiger partial charge on any atom is -0.431 e. The quantitative estimate of drug-likeness (QED) is 0.318. The van der Waals surface area contributed by atoms with Crippen LogP contribution in [0.3, 0.4) is 0 Å². The number of terminal acetylenes is 2. The number of rotatable bonds is 4. The minimum atomic E-state index is 0.248. The van der Waals surface area contributed by atoms with E-state index in [-0.39, 0.29) is 13.5 Å². The Balaban J connectivity index is 2.79. The molecule has 0 aliphatic carbocycles. The third-order valence-electron chi connectivity index (χ3n) is 0.515. The molecule has 3 nitrogen and oxygen atoms in total. The molecule has 0 atom stereocenters. The van der Waals surface area contributed by atoms with Gasteiger partial charge in [-0.15, -0.1) is 0 Å². The summed E-state index contributed by atoms with van der Waals surface area (Å²) < 4.78 is 8.90. The van der Waals surface area contributed by atoms with E-state index in [1.54, 1.807) is 0 Å². The molecule has 0 aliphatic heterocycles. The molecule has 0 fully saturated rings. The van der Waals surface area contributed by atoms with Gasteiger partial charge in [0.05, 0.1) is 0 Å². The number of ether oxygens (including phenoxy) is 2. The van der Waals surface area contributed by atoms with E-state index in [0.717, 1.165) is 0 Å². The molecule has 48 valence electrons. The summed E-state index contributed by atoms with van der Waals surface area (Å²) in [5.74, 6) is 0. The molecule has 3 heteroatoms. The fraction of sp³-hybridized carbons (Fsp3) is 0.333. The largest absolute Gasteiger partial charge is 0.431 e. The second kappa shape index (κ2) is 6.68. The molecule has 1 N–H and O–H groups in total. The van der Waals surface area contributed by atoms with Crippen molar-refractivity contribution in [2.45, 2.75) is 0 Å². The van der Waals surface area contributed by atoms with E-state index < -0.39 is 0 Å². The summed E-state index contributed by atoms with van der Waals surface area (Å²) in [7, 11) is 0. The monoisotopic (exact) mass is 125 g/mol. The normalized spacial score (nSPS) is 6.89. The topological polar surface area (TPSA) is 30.5 Å². The van der Waals surface area contributed by atoms with E-state index in [0.29, 0.717) is 0 Å². The molecule has 0 aromatic rings. The molecule has 0 aromatic carbocycles. The van der Waals surface area contributed by atoms with Crippen molar-refractivity contribution >= 4 is 0 Å². The Labute approximate surface area is 54.3 Å². The second-order valence-corrected chi connectivity index (χ2v) is 1.06. The Hall–Kier alpha value is -1.32. The molecule has 0 radical (unpaired) electrons. The maximum Gasteiger partial charge on any atom is 0.154 e. The summed E-state index contributed by atoms with van der Waals surface area (Å²) >= 11 is 0. The lowest BCUT2D eigenvalue weighted by atomic mass is 11.0. The average molecular weight is 125 g/mol. The van der Waals surface area contributed by atoms with Crippen molar-refractivity contribution < 1.29 is 9.47 Å². The van der Waals surface area contributed by atoms with Crippen LogP contribution in [0.1, 0.15) is 0 Å². The molecule has 9 heavy (non-hydrogen) atoms. The first-order chi connectivity index (χ1) is 4.41. The van der Waals surface area contributed by atoms with Crippen LogP contribution in [0.5, 0.6) is 0 Å². The van der Waals surface area contributed by atoms with E-state index in [1.165, 1.54) is 0 Å². The highest BCUT2D eigenvalue weighted by atomic mass is 16.5. The number of hydrogen-bond donors (Lipinski definition) is 1. The zero-order valence-corrected chi connectivity index (χ0v) is 4.89. The Morgan fingerprint density at radius 1 is 1.11 bits per heavy atom. The van der Waals surface area contributed by atoms with Gasteiger partial charge < -0.3 is 9.47 Å². The van der Waals surface area contributed by atoms with Gasteiger partial charge in [-0.25, -0.2) is 0 Å². The van der Waals surface area contributed by atoms with Crippen LogP contribution in [0.2, 0.25) is 0 Å². The van der Waals surface area contributed by atoms with Crippen molar-refractivity contribution in [1.82, 2.24) is 5.32 Å². The van der Waals surface area contributed by atoms with Crippen LogP contribution in [0.25, 0.3) is 0 Å². The molecule has 0 spiro atoms. The van der Waals surface area contributed by atoms with Gasteiger partial charge in [0.15, 0.2) is 13.5 Å². The average Bonchev–Trinajstić information content (AvgIpc) is 1.89. The maximum atomic E-state index is 4.75. The van der Waals surface area contributed by atoms with E-state index in [4.69, 9.17) is 12.8 Å². The van der Waals surface area contributed by atoms with E-state index in [2.05, 4.69) is 14.8 Å². The predicted molar refractivity (Wildman–Crippen MR) is 32.7 cm³/mol.